The summed E-state index contributed by atoms with van der Waals surface area (Å²) in [6.45, 7) is 9.02. The van der Waals surface area contributed by atoms with Crippen LogP contribution in [0.2, 0.25) is 0 Å². The van der Waals surface area contributed by atoms with E-state index in [4.69, 9.17) is 9.47 Å². The summed E-state index contributed by atoms with van der Waals surface area (Å²) in [7, 11) is 0. The molecule has 3 heterocycles. The smallest absolute Gasteiger partial charge is 0.408 e. The van der Waals surface area contributed by atoms with E-state index >= 15 is 8.78 Å². The zero-order valence-corrected chi connectivity index (χ0v) is 25.9. The number of rotatable bonds is 2. The molecule has 1 saturated heterocycles. The van der Waals surface area contributed by atoms with Gasteiger partial charge in [0, 0.05) is 23.6 Å². The number of benzene rings is 1. The molecule has 2 aliphatic heterocycles. The first-order chi connectivity index (χ1) is 20.7. The Labute approximate surface area is 256 Å². The number of amides is 2. The fraction of sp³-hybridized carbons (Fsp3) is 0.606. The van der Waals surface area contributed by atoms with E-state index in [9.17, 15) is 19.6 Å². The molecule has 11 heteroatoms. The Morgan fingerprint density at radius 3 is 2.64 bits per heavy atom. The minimum absolute atomic E-state index is 0.0317. The van der Waals surface area contributed by atoms with Crippen molar-refractivity contribution in [1.82, 2.24) is 15.2 Å². The highest BCUT2D eigenvalue weighted by Crippen LogP contribution is 2.50. The molecule has 2 bridgehead atoms. The van der Waals surface area contributed by atoms with E-state index < -0.39 is 59.5 Å². The van der Waals surface area contributed by atoms with Gasteiger partial charge in [-0.25, -0.2) is 18.6 Å². The van der Waals surface area contributed by atoms with Gasteiger partial charge in [-0.1, -0.05) is 40.2 Å². The van der Waals surface area contributed by atoms with Gasteiger partial charge < -0.3 is 24.5 Å². The summed E-state index contributed by atoms with van der Waals surface area (Å²) in [5, 5.41) is 12.6. The normalized spacial score (nSPS) is 30.9. The van der Waals surface area contributed by atoms with Crippen LogP contribution in [0, 0.1) is 28.6 Å². The maximum absolute atomic E-state index is 16.0. The average Bonchev–Trinajstić information content (AvgIpc) is 3.45. The number of aldehydes is 1. The molecule has 9 nitrogen and oxygen atoms in total. The third-order valence-corrected chi connectivity index (χ3v) is 9.47. The van der Waals surface area contributed by atoms with Crippen LogP contribution >= 0.6 is 0 Å². The van der Waals surface area contributed by atoms with Crippen LogP contribution in [0.1, 0.15) is 84.3 Å². The van der Waals surface area contributed by atoms with E-state index in [1.54, 1.807) is 12.1 Å². The SMILES string of the molecule is CC[C@@H]1[C@@H]2CN(C(=O)[C@H](C(C)(C)C)NC(=O)O[C@]3(C)C[C@H]3CCCCC(F)(F)c3cc4ccc(C#N)cc4nc3O2)[C@@H]1C=O. The van der Waals surface area contributed by atoms with Crippen molar-refractivity contribution in [2.45, 2.75) is 103 Å². The topological polar surface area (TPSA) is 122 Å². The van der Waals surface area contributed by atoms with Crippen LogP contribution in [-0.4, -0.2) is 58.5 Å². The minimum Gasteiger partial charge on any atom is -0.472 e. The van der Waals surface area contributed by atoms with Gasteiger partial charge in [-0.2, -0.15) is 5.26 Å². The molecule has 0 spiro atoms. The Hall–Kier alpha value is -3.81. The fourth-order valence-corrected chi connectivity index (χ4v) is 6.67. The van der Waals surface area contributed by atoms with E-state index in [-0.39, 0.29) is 30.3 Å². The molecule has 1 aliphatic carbocycles. The van der Waals surface area contributed by atoms with Gasteiger partial charge in [0.15, 0.2) is 0 Å². The van der Waals surface area contributed by atoms with Crippen LogP contribution in [0.25, 0.3) is 10.9 Å². The van der Waals surface area contributed by atoms with Crippen molar-refractivity contribution in [3.8, 4) is 11.9 Å². The third-order valence-electron chi connectivity index (χ3n) is 9.47. The number of carbonyl (C=O) groups excluding carboxylic acids is 3. The molecule has 2 aromatic rings. The highest BCUT2D eigenvalue weighted by Gasteiger charge is 2.54. The summed E-state index contributed by atoms with van der Waals surface area (Å²) in [5.41, 5.74) is -1.17. The van der Waals surface area contributed by atoms with E-state index in [2.05, 4.69) is 10.3 Å². The molecule has 2 amide bonds. The van der Waals surface area contributed by atoms with Gasteiger partial charge in [0.05, 0.1) is 35.3 Å². The van der Waals surface area contributed by atoms with Crippen molar-refractivity contribution in [3.63, 3.8) is 0 Å². The number of alkyl halides is 2. The molecule has 1 aromatic carbocycles. The molecule has 5 rings (SSSR count). The standard InChI is InChI=1S/C33H40F2N4O5/c1-6-22-25(18-40)39-17-26(22)43-28-23(14-20-11-10-19(16-36)13-24(20)37-28)33(34,35)12-8-7-9-21-15-32(21,5)44-30(42)38-27(29(39)41)31(2,3)4/h10-11,13-14,18,21-22,25-27H,6-9,12,15,17H2,1-5H3,(H,38,42)/t21-,22+,25-,26+,27-,32-/m1/s1. The monoisotopic (exact) mass is 610 g/mol. The van der Waals surface area contributed by atoms with Crippen LogP contribution in [0.4, 0.5) is 13.6 Å². The Morgan fingerprint density at radius 1 is 1.23 bits per heavy atom. The molecule has 1 saturated carbocycles. The minimum atomic E-state index is -3.28. The molecule has 1 aromatic heterocycles. The number of hydrogen-bond acceptors (Lipinski definition) is 7. The van der Waals surface area contributed by atoms with Gasteiger partial charge in [-0.15, -0.1) is 0 Å². The number of ether oxygens (including phenoxy) is 2. The van der Waals surface area contributed by atoms with Crippen LogP contribution in [0.3, 0.4) is 0 Å². The zero-order chi connectivity index (χ0) is 32.0. The highest BCUT2D eigenvalue weighted by molar-refractivity contribution is 5.89. The van der Waals surface area contributed by atoms with Crippen LogP contribution < -0.4 is 10.1 Å². The molecule has 3 aliphatic rings. The third kappa shape index (κ3) is 6.08. The number of hydrogen-bond donors (Lipinski definition) is 1. The zero-order valence-electron chi connectivity index (χ0n) is 25.9. The lowest BCUT2D eigenvalue weighted by atomic mass is 9.85. The summed E-state index contributed by atoms with van der Waals surface area (Å²) in [5.74, 6) is -4.52. The first kappa shape index (κ1) is 31.6. The average molecular weight is 611 g/mol. The first-order valence-corrected chi connectivity index (χ1v) is 15.4. The predicted octanol–water partition coefficient (Wildman–Crippen LogP) is 5.88. The van der Waals surface area contributed by atoms with E-state index in [0.29, 0.717) is 48.4 Å². The van der Waals surface area contributed by atoms with Gasteiger partial charge >= 0.3 is 6.09 Å². The van der Waals surface area contributed by atoms with E-state index in [0.717, 1.165) is 0 Å². The second-order valence-electron chi connectivity index (χ2n) is 13.7. The summed E-state index contributed by atoms with van der Waals surface area (Å²) < 4.78 is 44.0. The van der Waals surface area contributed by atoms with Gasteiger partial charge in [0.2, 0.25) is 11.8 Å². The van der Waals surface area contributed by atoms with Crippen LogP contribution in [0.15, 0.2) is 24.3 Å². The van der Waals surface area contributed by atoms with Crippen LogP contribution in [0.5, 0.6) is 5.88 Å². The van der Waals surface area contributed by atoms with E-state index in [1.165, 1.54) is 17.0 Å². The second-order valence-corrected chi connectivity index (χ2v) is 13.7. The maximum atomic E-state index is 16.0. The number of nitriles is 1. The number of pyridine rings is 1. The molecule has 0 radical (unpaired) electrons. The molecule has 44 heavy (non-hydrogen) atoms. The summed E-state index contributed by atoms with van der Waals surface area (Å²) in [6, 6.07) is 6.15. The summed E-state index contributed by atoms with van der Waals surface area (Å²) >= 11 is 0. The van der Waals surface area contributed by atoms with Crippen LogP contribution in [-0.2, 0) is 20.2 Å². The van der Waals surface area contributed by atoms with Gasteiger partial charge in [0.25, 0.3) is 5.92 Å². The molecular formula is C33H40F2N4O5. The highest BCUT2D eigenvalue weighted by atomic mass is 19.3. The number of carbonyl (C=O) groups is 3. The Kier molecular flexibility index (Phi) is 8.33. The Bertz CT molecular complexity index is 1500. The number of aromatic nitrogens is 1. The fourth-order valence-electron chi connectivity index (χ4n) is 6.67. The lowest BCUT2D eigenvalue weighted by Gasteiger charge is -2.35. The number of nitrogens with zero attached hydrogens (tertiary/aromatic N) is 3. The van der Waals surface area contributed by atoms with Gasteiger partial charge in [0.1, 0.15) is 24.0 Å². The number of alkyl carbamates (subject to hydrolysis) is 1. The number of halogens is 2. The molecule has 0 unspecified atom stereocenters. The Morgan fingerprint density at radius 2 is 1.98 bits per heavy atom. The lowest BCUT2D eigenvalue weighted by Crippen LogP contribution is -2.56. The second kappa shape index (κ2) is 11.6. The van der Waals surface area contributed by atoms with Crippen molar-refractivity contribution in [1.29, 1.82) is 5.26 Å². The Balaban J connectivity index is 1.59. The summed E-state index contributed by atoms with van der Waals surface area (Å²) in [6.07, 6.45) is 1.10. The summed E-state index contributed by atoms with van der Waals surface area (Å²) in [4.78, 5) is 45.4. The molecule has 6 atom stereocenters. The van der Waals surface area contributed by atoms with Crippen molar-refractivity contribution in [2.24, 2.45) is 17.3 Å². The largest absolute Gasteiger partial charge is 0.472 e. The van der Waals surface area contributed by atoms with Crippen molar-refractivity contribution < 1.29 is 32.6 Å². The maximum Gasteiger partial charge on any atom is 0.408 e. The van der Waals surface area contributed by atoms with Crippen molar-refractivity contribution in [3.05, 3.63) is 35.4 Å². The number of nitrogens with one attached hydrogen (secondary N) is 1. The van der Waals surface area contributed by atoms with Gasteiger partial charge in [-0.3, -0.25) is 4.79 Å². The van der Waals surface area contributed by atoms with E-state index in [1.807, 2.05) is 40.7 Å². The number of fused-ring (bicyclic) bond motifs is 5. The predicted molar refractivity (Wildman–Crippen MR) is 158 cm³/mol. The molecule has 236 valence electrons. The van der Waals surface area contributed by atoms with Crippen molar-refractivity contribution >= 4 is 29.2 Å². The first-order valence-electron chi connectivity index (χ1n) is 15.4. The molecule has 1 N–H and O–H groups in total. The van der Waals surface area contributed by atoms with Crippen molar-refractivity contribution in [2.75, 3.05) is 6.54 Å². The quantitative estimate of drug-likeness (QED) is 0.422. The lowest BCUT2D eigenvalue weighted by molar-refractivity contribution is -0.139. The van der Waals surface area contributed by atoms with Gasteiger partial charge in [-0.05, 0) is 56.2 Å². The molecular weight excluding hydrogens is 570 g/mol. The molecule has 2 fully saturated rings.